The van der Waals surface area contributed by atoms with Crippen LogP contribution in [0.2, 0.25) is 0 Å². The highest BCUT2D eigenvalue weighted by atomic mass is 16.5. The molecule has 3 N–H and O–H groups in total. The van der Waals surface area contributed by atoms with Gasteiger partial charge in [-0.3, -0.25) is 4.79 Å². The highest BCUT2D eigenvalue weighted by Crippen LogP contribution is 2.27. The Labute approximate surface area is 142 Å². The molecule has 1 aromatic carbocycles. The van der Waals surface area contributed by atoms with Crippen LogP contribution in [0.1, 0.15) is 23.7 Å². The summed E-state index contributed by atoms with van der Waals surface area (Å²) in [5.41, 5.74) is 1.26. The van der Waals surface area contributed by atoms with Gasteiger partial charge in [0.2, 0.25) is 0 Å². The van der Waals surface area contributed by atoms with Gasteiger partial charge in [-0.25, -0.2) is 4.98 Å². The Kier molecular flexibility index (Phi) is 7.04. The zero-order valence-corrected chi connectivity index (χ0v) is 14.1. The van der Waals surface area contributed by atoms with E-state index in [0.717, 1.165) is 25.2 Å². The topological polar surface area (TPSA) is 75.3 Å². The molecule has 0 aliphatic carbocycles. The van der Waals surface area contributed by atoms with Gasteiger partial charge in [0.1, 0.15) is 11.6 Å². The molecule has 24 heavy (non-hydrogen) atoms. The van der Waals surface area contributed by atoms with E-state index in [4.69, 9.17) is 4.74 Å². The third-order valence-electron chi connectivity index (χ3n) is 3.43. The first-order valence-electron chi connectivity index (χ1n) is 8.10. The number of aromatic nitrogens is 1. The Morgan fingerprint density at radius 3 is 2.75 bits per heavy atom. The van der Waals surface area contributed by atoms with Crippen molar-refractivity contribution in [1.29, 1.82) is 0 Å². The van der Waals surface area contributed by atoms with E-state index in [1.807, 2.05) is 24.3 Å². The fourth-order valence-electron chi connectivity index (χ4n) is 2.23. The number of carbonyl (C=O) groups excluding carboxylic acids is 1. The van der Waals surface area contributed by atoms with Gasteiger partial charge in [-0.2, -0.15) is 0 Å². The summed E-state index contributed by atoms with van der Waals surface area (Å²) in [5, 5.41) is 9.32. The van der Waals surface area contributed by atoms with E-state index in [0.29, 0.717) is 23.7 Å². The summed E-state index contributed by atoms with van der Waals surface area (Å²) < 4.78 is 5.32. The van der Waals surface area contributed by atoms with Gasteiger partial charge < -0.3 is 20.7 Å². The molecule has 1 aromatic heterocycles. The number of anilines is 2. The lowest BCUT2D eigenvalue weighted by atomic mass is 10.2. The maximum absolute atomic E-state index is 12.4. The van der Waals surface area contributed by atoms with Crippen LogP contribution < -0.4 is 20.7 Å². The van der Waals surface area contributed by atoms with E-state index in [2.05, 4.69) is 27.9 Å². The lowest BCUT2D eigenvalue weighted by molar-refractivity contribution is 0.0954. The molecule has 0 spiro atoms. The van der Waals surface area contributed by atoms with Crippen LogP contribution in [0.25, 0.3) is 0 Å². The van der Waals surface area contributed by atoms with Gasteiger partial charge in [-0.05, 0) is 37.2 Å². The van der Waals surface area contributed by atoms with Crippen LogP contribution in [0, 0.1) is 0 Å². The van der Waals surface area contributed by atoms with Crippen LogP contribution in [-0.4, -0.2) is 37.6 Å². The third kappa shape index (κ3) is 4.96. The molecule has 0 saturated heterocycles. The molecule has 0 atom stereocenters. The molecule has 128 valence electrons. The molecule has 0 radical (unpaired) electrons. The van der Waals surface area contributed by atoms with Gasteiger partial charge in [-0.15, -0.1) is 0 Å². The van der Waals surface area contributed by atoms with Crippen LogP contribution in [0.4, 0.5) is 11.5 Å². The minimum Gasteiger partial charge on any atom is -0.495 e. The molecule has 0 aliphatic heterocycles. The predicted molar refractivity (Wildman–Crippen MR) is 96.0 cm³/mol. The van der Waals surface area contributed by atoms with Crippen molar-refractivity contribution in [2.45, 2.75) is 13.3 Å². The van der Waals surface area contributed by atoms with E-state index in [-0.39, 0.29) is 5.91 Å². The summed E-state index contributed by atoms with van der Waals surface area (Å²) in [4.78, 5) is 16.7. The molecular formula is C18H24N4O2. The molecule has 0 unspecified atom stereocenters. The van der Waals surface area contributed by atoms with Crippen LogP contribution in [0.5, 0.6) is 5.75 Å². The van der Waals surface area contributed by atoms with Gasteiger partial charge in [0, 0.05) is 19.3 Å². The van der Waals surface area contributed by atoms with Crippen molar-refractivity contribution in [1.82, 2.24) is 15.6 Å². The normalized spacial score (nSPS) is 10.2. The summed E-state index contributed by atoms with van der Waals surface area (Å²) in [7, 11) is 1.61. The molecule has 0 saturated carbocycles. The molecule has 2 aromatic rings. The van der Waals surface area contributed by atoms with Crippen molar-refractivity contribution < 1.29 is 9.53 Å². The van der Waals surface area contributed by atoms with Crippen molar-refractivity contribution in [2.75, 3.05) is 32.1 Å². The van der Waals surface area contributed by atoms with Crippen molar-refractivity contribution in [3.8, 4) is 5.75 Å². The maximum Gasteiger partial charge on any atom is 0.255 e. The summed E-state index contributed by atoms with van der Waals surface area (Å²) in [5.74, 6) is 1.04. The fraction of sp³-hybridized carbons (Fsp3) is 0.333. The number of benzene rings is 1. The second-order valence-electron chi connectivity index (χ2n) is 5.23. The van der Waals surface area contributed by atoms with E-state index >= 15 is 0 Å². The number of methoxy groups -OCH3 is 1. The number of amides is 1. The Morgan fingerprint density at radius 2 is 1.96 bits per heavy atom. The van der Waals surface area contributed by atoms with Crippen molar-refractivity contribution in [3.63, 3.8) is 0 Å². The second kappa shape index (κ2) is 9.52. The number of hydrogen-bond donors (Lipinski definition) is 3. The van der Waals surface area contributed by atoms with E-state index in [1.165, 1.54) is 0 Å². The molecule has 2 rings (SSSR count). The molecule has 0 bridgehead atoms. The number of pyridine rings is 1. The van der Waals surface area contributed by atoms with Crippen molar-refractivity contribution >= 4 is 17.4 Å². The minimum absolute atomic E-state index is 0.154. The van der Waals surface area contributed by atoms with Gasteiger partial charge in [-0.1, -0.05) is 19.1 Å². The standard InChI is InChI=1S/C18H24N4O2/c1-3-10-19-12-13-21-18(23)14-7-6-11-20-17(14)22-15-8-4-5-9-16(15)24-2/h4-9,11,19H,3,10,12-13H2,1-2H3,(H,20,22)(H,21,23). The number of nitrogens with zero attached hydrogens (tertiary/aromatic N) is 1. The highest BCUT2D eigenvalue weighted by molar-refractivity contribution is 5.99. The quantitative estimate of drug-likeness (QED) is 0.617. The molecule has 1 amide bonds. The molecule has 6 heteroatoms. The summed E-state index contributed by atoms with van der Waals surface area (Å²) in [6.45, 7) is 4.37. The average molecular weight is 328 g/mol. The van der Waals surface area contributed by atoms with E-state index < -0.39 is 0 Å². The molecule has 1 heterocycles. The van der Waals surface area contributed by atoms with E-state index in [1.54, 1.807) is 25.4 Å². The van der Waals surface area contributed by atoms with Crippen LogP contribution in [0.15, 0.2) is 42.6 Å². The number of ether oxygens (including phenoxy) is 1. The Bertz CT molecular complexity index is 661. The number of hydrogen-bond acceptors (Lipinski definition) is 5. The second-order valence-corrected chi connectivity index (χ2v) is 5.23. The van der Waals surface area contributed by atoms with Gasteiger partial charge >= 0.3 is 0 Å². The zero-order chi connectivity index (χ0) is 17.2. The number of rotatable bonds is 9. The molecule has 0 aliphatic rings. The Morgan fingerprint density at radius 1 is 1.12 bits per heavy atom. The number of nitrogens with one attached hydrogen (secondary N) is 3. The fourth-order valence-corrected chi connectivity index (χ4v) is 2.23. The Hall–Kier alpha value is -2.60. The molecule has 0 fully saturated rings. The summed E-state index contributed by atoms with van der Waals surface area (Å²) >= 11 is 0. The lowest BCUT2D eigenvalue weighted by Gasteiger charge is -2.13. The first-order valence-corrected chi connectivity index (χ1v) is 8.10. The third-order valence-corrected chi connectivity index (χ3v) is 3.43. The lowest BCUT2D eigenvalue weighted by Crippen LogP contribution is -2.32. The van der Waals surface area contributed by atoms with Gasteiger partial charge in [0.25, 0.3) is 5.91 Å². The van der Waals surface area contributed by atoms with Crippen LogP contribution >= 0.6 is 0 Å². The zero-order valence-electron chi connectivity index (χ0n) is 14.1. The first-order chi connectivity index (χ1) is 11.8. The van der Waals surface area contributed by atoms with Crippen molar-refractivity contribution in [3.05, 3.63) is 48.2 Å². The predicted octanol–water partition coefficient (Wildman–Crippen LogP) is 2.56. The minimum atomic E-state index is -0.154. The molecule has 6 nitrogen and oxygen atoms in total. The van der Waals surface area contributed by atoms with Crippen LogP contribution in [-0.2, 0) is 0 Å². The number of para-hydroxylation sites is 2. The average Bonchev–Trinajstić information content (AvgIpc) is 2.62. The highest BCUT2D eigenvalue weighted by Gasteiger charge is 2.13. The van der Waals surface area contributed by atoms with Gasteiger partial charge in [0.15, 0.2) is 0 Å². The molecular weight excluding hydrogens is 304 g/mol. The van der Waals surface area contributed by atoms with E-state index in [9.17, 15) is 4.79 Å². The largest absolute Gasteiger partial charge is 0.495 e. The van der Waals surface area contributed by atoms with Crippen LogP contribution in [0.3, 0.4) is 0 Å². The summed E-state index contributed by atoms with van der Waals surface area (Å²) in [6, 6.07) is 11.0. The summed E-state index contributed by atoms with van der Waals surface area (Å²) in [6.07, 6.45) is 2.72. The van der Waals surface area contributed by atoms with Crippen molar-refractivity contribution in [2.24, 2.45) is 0 Å². The number of carbonyl (C=O) groups is 1. The van der Waals surface area contributed by atoms with Gasteiger partial charge in [0.05, 0.1) is 18.4 Å². The Balaban J connectivity index is 2.05. The maximum atomic E-state index is 12.4. The first kappa shape index (κ1) is 17.7. The smallest absolute Gasteiger partial charge is 0.255 e. The SMILES string of the molecule is CCCNCCNC(=O)c1cccnc1Nc1ccccc1OC. The monoisotopic (exact) mass is 328 g/mol.